The third-order valence-corrected chi connectivity index (χ3v) is 19.1. The van der Waals surface area contributed by atoms with Crippen LogP contribution in [0.25, 0.3) is 16.1 Å². The van der Waals surface area contributed by atoms with Crippen molar-refractivity contribution < 1.29 is 24.0 Å². The predicted octanol–water partition coefficient (Wildman–Crippen LogP) is 11.5. The maximum atomic E-state index is 13.3. The van der Waals surface area contributed by atoms with E-state index in [-0.39, 0.29) is 35.4 Å². The van der Waals surface area contributed by atoms with Gasteiger partial charge in [0.25, 0.3) is 0 Å². The van der Waals surface area contributed by atoms with Crippen LogP contribution in [0.1, 0.15) is 154 Å². The number of allylic oxidation sites excluding steroid dienone is 4. The van der Waals surface area contributed by atoms with Gasteiger partial charge in [0.05, 0.1) is 27.8 Å². The number of anilines is 2. The number of nitrogens with two attached hydrogens (primary N) is 3. The summed E-state index contributed by atoms with van der Waals surface area (Å²) in [6, 6.07) is 23.1. The number of hydrogen-bond donors (Lipinski definition) is 6. The normalized spacial score (nSPS) is 20.3. The minimum atomic E-state index is -0.241. The van der Waals surface area contributed by atoms with Crippen LogP contribution >= 0.6 is 11.3 Å². The van der Waals surface area contributed by atoms with Crippen LogP contribution in [0.5, 0.6) is 11.6 Å². The van der Waals surface area contributed by atoms with Crippen molar-refractivity contribution in [1.82, 2.24) is 40.5 Å². The molecule has 2 bridgehead atoms. The second-order valence-corrected chi connectivity index (χ2v) is 25.3. The Morgan fingerprint density at radius 2 is 1.58 bits per heavy atom. The number of nitrogens with one attached hydrogen (secondary N) is 2. The van der Waals surface area contributed by atoms with Crippen molar-refractivity contribution in [1.29, 1.82) is 0 Å². The summed E-state index contributed by atoms with van der Waals surface area (Å²) in [5, 5.41) is 20.7. The highest BCUT2D eigenvalue weighted by molar-refractivity contribution is 7.13. The summed E-state index contributed by atoms with van der Waals surface area (Å²) in [5.41, 5.74) is 26.5. The average molecular weight is 1240 g/mol. The van der Waals surface area contributed by atoms with Crippen LogP contribution in [-0.4, -0.2) is 137 Å². The third-order valence-electron chi connectivity index (χ3n) is 18.1. The minimum Gasteiger partial charge on any atom is -0.507 e. The van der Waals surface area contributed by atoms with Crippen LogP contribution in [0.4, 0.5) is 11.5 Å². The van der Waals surface area contributed by atoms with Crippen molar-refractivity contribution in [3.8, 4) is 22.1 Å². The number of likely N-dealkylation sites (tertiary alicyclic amines) is 3. The number of phenols is 1. The number of piperazine rings is 1. The Morgan fingerprint density at radius 1 is 0.888 bits per heavy atom. The number of benzene rings is 2. The zero-order valence-corrected chi connectivity index (χ0v) is 55.3. The summed E-state index contributed by atoms with van der Waals surface area (Å²) in [5.74, 6) is 3.62. The number of rotatable bonds is 18. The van der Waals surface area contributed by atoms with E-state index < -0.39 is 0 Å². The zero-order valence-electron chi connectivity index (χ0n) is 54.5. The van der Waals surface area contributed by atoms with E-state index in [0.717, 1.165) is 112 Å². The Balaban J connectivity index is 0.000000188. The van der Waals surface area contributed by atoms with Gasteiger partial charge in [0, 0.05) is 98.7 Å². The van der Waals surface area contributed by atoms with Crippen molar-refractivity contribution in [2.75, 3.05) is 69.2 Å². The molecule has 19 heteroatoms. The second kappa shape index (κ2) is 34.6. The van der Waals surface area contributed by atoms with E-state index in [4.69, 9.17) is 26.5 Å². The van der Waals surface area contributed by atoms with Crippen LogP contribution in [0, 0.1) is 18.8 Å². The van der Waals surface area contributed by atoms with Crippen LogP contribution in [-0.2, 0) is 9.59 Å². The Bertz CT molecular complexity index is 3050. The molecule has 89 heavy (non-hydrogen) atoms. The molecule has 0 spiro atoms. The minimum absolute atomic E-state index is 0.0455. The molecule has 11 rings (SSSR count). The number of phenolic OH excluding ortho intramolecular Hbond substituents is 1. The number of piperidine rings is 2. The molecule has 5 saturated heterocycles. The maximum Gasteiger partial charge on any atom is 0.233 e. The molecular formula is C70H103N13O5S. The van der Waals surface area contributed by atoms with Gasteiger partial charge in [0.15, 0.2) is 11.6 Å². The quantitative estimate of drug-likeness (QED) is 0.0354. The number of fused-ring (bicyclic) bond motifs is 2. The van der Waals surface area contributed by atoms with Gasteiger partial charge in [-0.2, -0.15) is 0 Å². The molecule has 0 radical (unpaired) electrons. The van der Waals surface area contributed by atoms with E-state index >= 15 is 0 Å². The lowest BCUT2D eigenvalue weighted by Gasteiger charge is -2.44. The molecule has 18 nitrogen and oxygen atoms in total. The van der Waals surface area contributed by atoms with Gasteiger partial charge in [-0.15, -0.1) is 11.3 Å². The Kier molecular flexibility index (Phi) is 26.9. The molecular weight excluding hydrogens is 1130 g/mol. The molecule has 1 saturated carbocycles. The summed E-state index contributed by atoms with van der Waals surface area (Å²) in [6.45, 7) is 27.9. The number of amides is 2. The number of para-hydroxylation sites is 1. The van der Waals surface area contributed by atoms with Crippen LogP contribution < -0.4 is 42.4 Å². The van der Waals surface area contributed by atoms with Crippen molar-refractivity contribution in [3.05, 3.63) is 143 Å². The number of pyridine rings is 1. The second-order valence-electron chi connectivity index (χ2n) is 24.5. The van der Waals surface area contributed by atoms with Crippen molar-refractivity contribution in [2.45, 2.75) is 168 Å². The molecule has 6 fully saturated rings. The number of aromatic nitrogens is 3. The molecule has 484 valence electrons. The lowest BCUT2D eigenvalue weighted by Crippen LogP contribution is -2.53. The van der Waals surface area contributed by atoms with Crippen molar-refractivity contribution >= 4 is 40.9 Å². The van der Waals surface area contributed by atoms with Gasteiger partial charge in [-0.05, 0) is 166 Å². The molecule has 1 aliphatic carbocycles. The monoisotopic (exact) mass is 1240 g/mol. The zero-order chi connectivity index (χ0) is 64.0. The summed E-state index contributed by atoms with van der Waals surface area (Å²) in [6.07, 6.45) is 23.0. The maximum absolute atomic E-state index is 13.3. The fraction of sp³-hybridized carbons (Fsp3) is 0.529. The number of hydrogen-bond acceptors (Lipinski definition) is 17. The van der Waals surface area contributed by atoms with E-state index in [1.54, 1.807) is 41.7 Å². The molecule has 3 aromatic heterocycles. The lowest BCUT2D eigenvalue weighted by atomic mass is 9.91. The highest BCUT2D eigenvalue weighted by Gasteiger charge is 2.41. The third kappa shape index (κ3) is 18.9. The van der Waals surface area contributed by atoms with E-state index in [2.05, 4.69) is 104 Å². The van der Waals surface area contributed by atoms with Gasteiger partial charge >= 0.3 is 0 Å². The van der Waals surface area contributed by atoms with Crippen LogP contribution in [0.3, 0.4) is 0 Å². The number of thiazole rings is 1. The van der Waals surface area contributed by atoms with Crippen LogP contribution in [0.2, 0.25) is 0 Å². The molecule has 5 atom stereocenters. The van der Waals surface area contributed by atoms with Gasteiger partial charge in [0.2, 0.25) is 18.2 Å². The van der Waals surface area contributed by atoms with Gasteiger partial charge in [-0.3, -0.25) is 9.59 Å². The molecule has 5 aromatic rings. The number of aromatic hydroxyl groups is 1. The first-order valence-corrected chi connectivity index (χ1v) is 33.5. The molecule has 2 amide bonds. The summed E-state index contributed by atoms with van der Waals surface area (Å²) in [4.78, 5) is 45.2. The topological polar surface area (TPSA) is 234 Å². The van der Waals surface area contributed by atoms with E-state index in [0.29, 0.717) is 53.1 Å². The Labute approximate surface area is 534 Å². The molecule has 6 aliphatic rings. The number of aryl methyl sites for hydroxylation is 1. The van der Waals surface area contributed by atoms with Crippen LogP contribution in [0.15, 0.2) is 125 Å². The first-order chi connectivity index (χ1) is 43.1. The van der Waals surface area contributed by atoms with E-state index in [9.17, 15) is 14.7 Å². The molecule has 9 N–H and O–H groups in total. The van der Waals surface area contributed by atoms with Crippen molar-refractivity contribution in [2.24, 2.45) is 29.0 Å². The summed E-state index contributed by atoms with van der Waals surface area (Å²) in [7, 11) is 2.08. The molecule has 8 heterocycles. The smallest absolute Gasteiger partial charge is 0.233 e. The SMILES string of the molecule is C=C/C=C\C.CC.CNC1CCN(CC2CCN(c3cc(C(C(=O)N4CCCC4C)C(C)C)on3)CC2)CC1.Cc1ncsc1-c1ccc(C(C)NC=O)cc1.NC(N)=C(/C=C(\N)c1ccccc1O)N1CC2CCC(C1)N2c1ccnc(OC2CCC2)c1. The van der Waals surface area contributed by atoms with E-state index in [1.165, 1.54) is 62.2 Å². The number of nitrogens with zero attached hydrogens (tertiary/aromatic N) is 8. The van der Waals surface area contributed by atoms with Gasteiger partial charge < -0.3 is 66.7 Å². The van der Waals surface area contributed by atoms with E-state index in [1.807, 2.05) is 87.6 Å². The number of carbonyl (C=O) groups excluding carboxylic acids is 2. The number of ether oxygens (including phenoxy) is 1. The average Bonchev–Trinajstić information content (AvgIpc) is 2.09. The lowest BCUT2D eigenvalue weighted by molar-refractivity contribution is -0.135. The Morgan fingerprint density at radius 3 is 2.13 bits per heavy atom. The summed E-state index contributed by atoms with van der Waals surface area (Å²) < 4.78 is 11.8. The fourth-order valence-electron chi connectivity index (χ4n) is 12.8. The van der Waals surface area contributed by atoms with Gasteiger partial charge in [0.1, 0.15) is 23.6 Å². The van der Waals surface area contributed by atoms with Gasteiger partial charge in [-0.1, -0.05) is 94.1 Å². The standard InChI is InChI=1S/C25H32N6O2.C25H43N5O2.C13H14N2OS.C5H8.C2H6/c26-21(20-6-1-2-7-23(20)32)13-22(25(27)28)30-14-17-8-9-18(15-30)31(17)16-10-11-29-24(12-16)33-19-4-3-5-19;1-18(2)24(25(31)30-11-5-6-19(30)3)22-16-23(27-32-22)29-14-7-20(8-15-29)17-28-12-9-21(26-4)10-13-28;1-9(14-7-16)11-3-5-12(6-4-11)13-10(2)15-8-17-13;1-3-5-4-2;1-2/h1-2,6-7,10-13,17-19,32H,3-5,8-9,14-15,26-28H2;16,18-21,24,26H,5-15,17H2,1-4H3;3-9H,1-2H3,(H,14,16);3-5H,1H2,2H3;1-2H3/b21-13-;;;5-4-;. The van der Waals surface area contributed by atoms with Crippen molar-refractivity contribution in [3.63, 3.8) is 0 Å². The Hall–Kier alpha value is -7.35. The molecule has 2 aromatic carbocycles. The largest absolute Gasteiger partial charge is 0.507 e. The summed E-state index contributed by atoms with van der Waals surface area (Å²) >= 11 is 1.64. The number of carbonyl (C=O) groups is 2. The molecule has 5 aliphatic heterocycles. The fourth-order valence-corrected chi connectivity index (χ4v) is 13.6. The van der Waals surface area contributed by atoms with Gasteiger partial charge in [-0.25, -0.2) is 9.97 Å². The molecule has 5 unspecified atom stereocenters. The first-order valence-electron chi connectivity index (χ1n) is 32.6. The first kappa shape index (κ1) is 69.1. The highest BCUT2D eigenvalue weighted by atomic mass is 32.1. The predicted molar refractivity (Wildman–Crippen MR) is 363 cm³/mol. The highest BCUT2D eigenvalue weighted by Crippen LogP contribution is 2.39.